The highest BCUT2D eigenvalue weighted by Gasteiger charge is 2.37. The van der Waals surface area contributed by atoms with E-state index in [9.17, 15) is 5.11 Å². The Bertz CT molecular complexity index is 599. The second-order valence-electron chi connectivity index (χ2n) is 8.06. The Kier molecular flexibility index (Phi) is 7.51. The van der Waals surface area contributed by atoms with E-state index in [0.717, 1.165) is 6.54 Å². The minimum Gasteiger partial charge on any atom is -0.491 e. The van der Waals surface area contributed by atoms with Crippen molar-refractivity contribution >= 4 is 0 Å². The summed E-state index contributed by atoms with van der Waals surface area (Å²) in [5, 5.41) is 22.6. The molecule has 1 atom stereocenters. The largest absolute Gasteiger partial charge is 0.491 e. The van der Waals surface area contributed by atoms with Crippen molar-refractivity contribution in [2.24, 2.45) is 0 Å². The van der Waals surface area contributed by atoms with Gasteiger partial charge in [-0.1, -0.05) is 25.7 Å². The molecular formula is C22H33N3O2. The van der Waals surface area contributed by atoms with Crippen LogP contribution in [0.3, 0.4) is 0 Å². The first-order chi connectivity index (χ1) is 13.2. The molecule has 1 aromatic carbocycles. The molecule has 5 nitrogen and oxygen atoms in total. The van der Waals surface area contributed by atoms with Crippen LogP contribution >= 0.6 is 0 Å². The van der Waals surface area contributed by atoms with Crippen molar-refractivity contribution in [1.29, 1.82) is 5.26 Å². The average molecular weight is 372 g/mol. The second kappa shape index (κ2) is 10.1. The van der Waals surface area contributed by atoms with E-state index < -0.39 is 6.10 Å². The smallest absolute Gasteiger partial charge is 0.119 e. The molecule has 148 valence electrons. The SMILES string of the molecule is N#Cc1ccc(OCC(O)CNCC2(N3CCCCC3)CCCCC2)cc1. The third-order valence-corrected chi connectivity index (χ3v) is 6.07. The van der Waals surface area contributed by atoms with E-state index in [2.05, 4.69) is 16.3 Å². The van der Waals surface area contributed by atoms with Gasteiger partial charge in [-0.2, -0.15) is 5.26 Å². The lowest BCUT2D eigenvalue weighted by atomic mass is 9.79. The van der Waals surface area contributed by atoms with Crippen molar-refractivity contribution in [2.75, 3.05) is 32.8 Å². The first kappa shape index (κ1) is 20.1. The van der Waals surface area contributed by atoms with Crippen LogP contribution in [0, 0.1) is 11.3 Å². The Morgan fingerprint density at radius 1 is 1.07 bits per heavy atom. The molecule has 2 aliphatic rings. The molecule has 2 N–H and O–H groups in total. The van der Waals surface area contributed by atoms with Gasteiger partial charge in [0.05, 0.1) is 11.6 Å². The standard InChI is InChI=1S/C22H33N3O2/c23-15-19-7-9-21(10-8-19)27-17-20(26)16-24-18-22(11-3-1-4-12-22)25-13-5-2-6-14-25/h7-10,20,24,26H,1-6,11-14,16-18H2. The Labute approximate surface area is 163 Å². The van der Waals surface area contributed by atoms with Crippen LogP contribution in [-0.2, 0) is 0 Å². The highest BCUT2D eigenvalue weighted by molar-refractivity contribution is 5.34. The lowest BCUT2D eigenvalue weighted by Gasteiger charge is -2.48. The van der Waals surface area contributed by atoms with Crippen molar-refractivity contribution in [2.45, 2.75) is 63.0 Å². The van der Waals surface area contributed by atoms with Crippen LogP contribution in [0.2, 0.25) is 0 Å². The summed E-state index contributed by atoms with van der Waals surface area (Å²) in [5.74, 6) is 0.685. The molecule has 5 heteroatoms. The fraction of sp³-hybridized carbons (Fsp3) is 0.682. The molecule has 1 heterocycles. The van der Waals surface area contributed by atoms with Gasteiger partial charge in [-0.3, -0.25) is 4.90 Å². The van der Waals surface area contributed by atoms with Crippen molar-refractivity contribution in [3.05, 3.63) is 29.8 Å². The zero-order valence-electron chi connectivity index (χ0n) is 16.3. The number of likely N-dealkylation sites (tertiary alicyclic amines) is 1. The first-order valence-electron chi connectivity index (χ1n) is 10.5. The van der Waals surface area contributed by atoms with Crippen LogP contribution in [0.5, 0.6) is 5.75 Å². The zero-order chi connectivity index (χ0) is 19.0. The molecule has 0 spiro atoms. The van der Waals surface area contributed by atoms with Crippen LogP contribution in [0.15, 0.2) is 24.3 Å². The quantitative estimate of drug-likeness (QED) is 0.735. The lowest BCUT2D eigenvalue weighted by molar-refractivity contribution is 0.0289. The molecule has 1 aliphatic carbocycles. The minimum atomic E-state index is -0.539. The number of piperidine rings is 1. The summed E-state index contributed by atoms with van der Waals surface area (Å²) < 4.78 is 5.64. The predicted molar refractivity (Wildman–Crippen MR) is 107 cm³/mol. The van der Waals surface area contributed by atoms with E-state index in [1.807, 2.05) is 0 Å². The van der Waals surface area contributed by atoms with Crippen LogP contribution in [-0.4, -0.2) is 54.4 Å². The highest BCUT2D eigenvalue weighted by atomic mass is 16.5. The van der Waals surface area contributed by atoms with Gasteiger partial charge in [0.15, 0.2) is 0 Å². The fourth-order valence-corrected chi connectivity index (χ4v) is 4.53. The number of aliphatic hydroxyl groups excluding tert-OH is 1. The van der Waals surface area contributed by atoms with E-state index in [1.54, 1.807) is 24.3 Å². The van der Waals surface area contributed by atoms with Gasteiger partial charge >= 0.3 is 0 Å². The number of hydrogen-bond donors (Lipinski definition) is 2. The topological polar surface area (TPSA) is 68.5 Å². The molecule has 0 amide bonds. The third-order valence-electron chi connectivity index (χ3n) is 6.07. The van der Waals surface area contributed by atoms with Crippen molar-refractivity contribution < 1.29 is 9.84 Å². The number of rotatable bonds is 8. The normalized spacial score (nSPS) is 21.3. The fourth-order valence-electron chi connectivity index (χ4n) is 4.53. The predicted octanol–water partition coefficient (Wildman–Crippen LogP) is 3.08. The van der Waals surface area contributed by atoms with Crippen molar-refractivity contribution in [3.8, 4) is 11.8 Å². The molecule has 2 fully saturated rings. The molecule has 1 unspecified atom stereocenters. The van der Waals surface area contributed by atoms with E-state index in [0.29, 0.717) is 17.9 Å². The van der Waals surface area contributed by atoms with Gasteiger partial charge < -0.3 is 15.2 Å². The molecular weight excluding hydrogens is 338 g/mol. The summed E-state index contributed by atoms with van der Waals surface area (Å²) in [5.41, 5.74) is 0.895. The zero-order valence-corrected chi connectivity index (χ0v) is 16.3. The summed E-state index contributed by atoms with van der Waals surface area (Å²) >= 11 is 0. The maximum Gasteiger partial charge on any atom is 0.119 e. The third kappa shape index (κ3) is 5.68. The maximum atomic E-state index is 10.3. The van der Waals surface area contributed by atoms with Crippen LogP contribution in [0.4, 0.5) is 0 Å². The minimum absolute atomic E-state index is 0.260. The van der Waals surface area contributed by atoms with Gasteiger partial charge in [-0.15, -0.1) is 0 Å². The number of nitriles is 1. The summed E-state index contributed by atoms with van der Waals surface area (Å²) in [4.78, 5) is 2.72. The monoisotopic (exact) mass is 371 g/mol. The molecule has 0 bridgehead atoms. The molecule has 1 aliphatic heterocycles. The van der Waals surface area contributed by atoms with Crippen LogP contribution in [0.1, 0.15) is 56.9 Å². The van der Waals surface area contributed by atoms with E-state index in [-0.39, 0.29) is 12.1 Å². The Morgan fingerprint density at radius 2 is 1.74 bits per heavy atom. The Balaban J connectivity index is 1.44. The van der Waals surface area contributed by atoms with Gasteiger partial charge in [0.25, 0.3) is 0 Å². The number of ether oxygens (including phenoxy) is 1. The Morgan fingerprint density at radius 3 is 2.41 bits per heavy atom. The average Bonchev–Trinajstić information content (AvgIpc) is 2.74. The van der Waals surface area contributed by atoms with Gasteiger partial charge in [-0.25, -0.2) is 0 Å². The maximum absolute atomic E-state index is 10.3. The molecule has 1 saturated carbocycles. The molecule has 27 heavy (non-hydrogen) atoms. The van der Waals surface area contributed by atoms with Gasteiger partial charge in [0.2, 0.25) is 0 Å². The van der Waals surface area contributed by atoms with Gasteiger partial charge in [0.1, 0.15) is 18.5 Å². The van der Waals surface area contributed by atoms with E-state index in [1.165, 1.54) is 64.5 Å². The van der Waals surface area contributed by atoms with Gasteiger partial charge in [0, 0.05) is 18.6 Å². The van der Waals surface area contributed by atoms with Gasteiger partial charge in [-0.05, 0) is 63.0 Å². The second-order valence-corrected chi connectivity index (χ2v) is 8.06. The van der Waals surface area contributed by atoms with Crippen LogP contribution < -0.4 is 10.1 Å². The number of nitrogens with zero attached hydrogens (tertiary/aromatic N) is 2. The summed E-state index contributed by atoms with van der Waals surface area (Å²) in [6.45, 7) is 4.22. The number of benzene rings is 1. The molecule has 1 aromatic rings. The molecule has 3 rings (SSSR count). The number of nitrogens with one attached hydrogen (secondary N) is 1. The molecule has 0 aromatic heterocycles. The van der Waals surface area contributed by atoms with Crippen molar-refractivity contribution in [3.63, 3.8) is 0 Å². The first-order valence-corrected chi connectivity index (χ1v) is 10.5. The van der Waals surface area contributed by atoms with Crippen LogP contribution in [0.25, 0.3) is 0 Å². The summed E-state index contributed by atoms with van der Waals surface area (Å²) in [7, 11) is 0. The molecule has 1 saturated heterocycles. The van der Waals surface area contributed by atoms with E-state index >= 15 is 0 Å². The summed E-state index contributed by atoms with van der Waals surface area (Å²) in [6.07, 6.45) is 10.0. The molecule has 0 radical (unpaired) electrons. The highest BCUT2D eigenvalue weighted by Crippen LogP contribution is 2.35. The summed E-state index contributed by atoms with van der Waals surface area (Å²) in [6, 6.07) is 9.08. The Hall–Kier alpha value is -1.61. The lowest BCUT2D eigenvalue weighted by Crippen LogP contribution is -2.58. The van der Waals surface area contributed by atoms with E-state index in [4.69, 9.17) is 10.00 Å². The number of aliphatic hydroxyl groups is 1. The number of hydrogen-bond acceptors (Lipinski definition) is 5. The van der Waals surface area contributed by atoms with Crippen molar-refractivity contribution in [1.82, 2.24) is 10.2 Å².